The van der Waals surface area contributed by atoms with E-state index >= 15 is 0 Å². The van der Waals surface area contributed by atoms with Gasteiger partial charge in [0.05, 0.1) is 11.7 Å². The summed E-state index contributed by atoms with van der Waals surface area (Å²) in [5.41, 5.74) is 0.297. The predicted molar refractivity (Wildman–Crippen MR) is 71.2 cm³/mol. The van der Waals surface area contributed by atoms with E-state index in [4.69, 9.17) is 4.74 Å². The van der Waals surface area contributed by atoms with Gasteiger partial charge in [0.15, 0.2) is 0 Å². The Kier molecular flexibility index (Phi) is 4.68. The number of ether oxygens (including phenoxy) is 1. The Morgan fingerprint density at radius 3 is 2.81 bits per heavy atom. The van der Waals surface area contributed by atoms with Crippen LogP contribution in [0.5, 0.6) is 0 Å². The Bertz CT molecular complexity index is 216. The van der Waals surface area contributed by atoms with Gasteiger partial charge in [0.1, 0.15) is 0 Å². The van der Waals surface area contributed by atoms with E-state index < -0.39 is 0 Å². The highest BCUT2D eigenvalue weighted by Crippen LogP contribution is 2.43. The number of hydrogen-bond acceptors (Lipinski definition) is 2. The monoisotopic (exact) mass is 289 g/mol. The van der Waals surface area contributed by atoms with Gasteiger partial charge in [0, 0.05) is 17.9 Å². The van der Waals surface area contributed by atoms with Crippen LogP contribution in [0.2, 0.25) is 0 Å². The van der Waals surface area contributed by atoms with Crippen molar-refractivity contribution in [3.8, 4) is 0 Å². The van der Waals surface area contributed by atoms with Crippen LogP contribution < -0.4 is 5.32 Å². The first-order chi connectivity index (χ1) is 7.74. The van der Waals surface area contributed by atoms with Gasteiger partial charge in [0.25, 0.3) is 0 Å². The largest absolute Gasteiger partial charge is 0.370 e. The molecule has 94 valence electrons. The molecule has 2 nitrogen and oxygen atoms in total. The predicted octanol–water partition coefficient (Wildman–Crippen LogP) is 3.24. The fraction of sp³-hybridized carbons (Fsp3) is 1.00. The summed E-state index contributed by atoms with van der Waals surface area (Å²) < 4.78 is 6.26. The van der Waals surface area contributed by atoms with Crippen molar-refractivity contribution < 1.29 is 4.74 Å². The van der Waals surface area contributed by atoms with Crippen molar-refractivity contribution >= 4 is 15.9 Å². The SMILES string of the molecule is CC(CCBr)NCC1CCC2(CCCC2)O1. The third kappa shape index (κ3) is 3.21. The summed E-state index contributed by atoms with van der Waals surface area (Å²) in [6, 6.07) is 0.600. The second-order valence-corrected chi connectivity index (χ2v) is 6.25. The second-order valence-electron chi connectivity index (χ2n) is 5.46. The maximum Gasteiger partial charge on any atom is 0.0708 e. The first kappa shape index (κ1) is 12.8. The Morgan fingerprint density at radius 2 is 2.12 bits per heavy atom. The Labute approximate surface area is 108 Å². The molecule has 2 unspecified atom stereocenters. The van der Waals surface area contributed by atoms with Gasteiger partial charge in [-0.15, -0.1) is 0 Å². The number of nitrogens with one attached hydrogen (secondary N) is 1. The quantitative estimate of drug-likeness (QED) is 0.785. The highest BCUT2D eigenvalue weighted by atomic mass is 79.9. The fourth-order valence-corrected chi connectivity index (χ4v) is 3.71. The molecule has 2 atom stereocenters. The van der Waals surface area contributed by atoms with Gasteiger partial charge in [-0.25, -0.2) is 0 Å². The van der Waals surface area contributed by atoms with Crippen molar-refractivity contribution in [3.63, 3.8) is 0 Å². The zero-order valence-corrected chi connectivity index (χ0v) is 11.9. The first-order valence-corrected chi connectivity index (χ1v) is 7.83. The van der Waals surface area contributed by atoms with Crippen LogP contribution >= 0.6 is 15.9 Å². The minimum absolute atomic E-state index is 0.297. The Balaban J connectivity index is 1.68. The molecule has 0 radical (unpaired) electrons. The lowest BCUT2D eigenvalue weighted by Gasteiger charge is -2.24. The van der Waals surface area contributed by atoms with E-state index in [1.54, 1.807) is 0 Å². The molecule has 1 N–H and O–H groups in total. The van der Waals surface area contributed by atoms with Crippen LogP contribution in [0.15, 0.2) is 0 Å². The normalized spacial score (nSPS) is 30.0. The van der Waals surface area contributed by atoms with Crippen molar-refractivity contribution in [1.82, 2.24) is 5.32 Å². The number of halogens is 1. The third-order valence-corrected chi connectivity index (χ3v) is 4.55. The molecule has 2 fully saturated rings. The van der Waals surface area contributed by atoms with Crippen molar-refractivity contribution in [2.45, 2.75) is 69.6 Å². The highest BCUT2D eigenvalue weighted by molar-refractivity contribution is 9.09. The average Bonchev–Trinajstić information content (AvgIpc) is 2.88. The van der Waals surface area contributed by atoms with Crippen LogP contribution in [0.4, 0.5) is 0 Å². The molecular formula is C13H24BrNO. The van der Waals surface area contributed by atoms with Gasteiger partial charge in [0.2, 0.25) is 0 Å². The first-order valence-electron chi connectivity index (χ1n) is 6.71. The lowest BCUT2D eigenvalue weighted by molar-refractivity contribution is -0.0357. The molecule has 3 heteroatoms. The number of hydrogen-bond donors (Lipinski definition) is 1. The minimum atomic E-state index is 0.297. The van der Waals surface area contributed by atoms with E-state index in [9.17, 15) is 0 Å². The molecule has 2 rings (SSSR count). The molecular weight excluding hydrogens is 266 g/mol. The van der Waals surface area contributed by atoms with Gasteiger partial charge in [-0.05, 0) is 39.0 Å². The van der Waals surface area contributed by atoms with Crippen LogP contribution in [-0.2, 0) is 4.74 Å². The molecule has 1 aliphatic carbocycles. The zero-order chi connectivity index (χ0) is 11.4. The molecule has 2 aliphatic rings. The summed E-state index contributed by atoms with van der Waals surface area (Å²) in [5.74, 6) is 0. The third-order valence-electron chi connectivity index (χ3n) is 4.09. The van der Waals surface area contributed by atoms with E-state index in [1.165, 1.54) is 44.9 Å². The van der Waals surface area contributed by atoms with Crippen LogP contribution in [0.1, 0.15) is 51.9 Å². The maximum absolute atomic E-state index is 6.26. The molecule has 0 bridgehead atoms. The second kappa shape index (κ2) is 5.83. The highest BCUT2D eigenvalue weighted by Gasteiger charge is 2.41. The summed E-state index contributed by atoms with van der Waals surface area (Å²) in [6.07, 6.45) is 9.58. The van der Waals surface area contributed by atoms with Gasteiger partial charge >= 0.3 is 0 Å². The molecule has 0 aromatic carbocycles. The van der Waals surface area contributed by atoms with Crippen LogP contribution in [0, 0.1) is 0 Å². The van der Waals surface area contributed by atoms with Gasteiger partial charge < -0.3 is 10.1 Å². The summed E-state index contributed by atoms with van der Waals surface area (Å²) >= 11 is 3.48. The maximum atomic E-state index is 6.26. The molecule has 1 spiro atoms. The fourth-order valence-electron chi connectivity index (χ4n) is 3.02. The standard InChI is InChI=1S/C13H24BrNO/c1-11(5-9-14)15-10-12-4-8-13(16-12)6-2-3-7-13/h11-12,15H,2-10H2,1H3. The number of alkyl halides is 1. The van der Waals surface area contributed by atoms with Crippen LogP contribution in [-0.4, -0.2) is 29.6 Å². The molecule has 0 aromatic heterocycles. The molecule has 1 heterocycles. The molecule has 1 saturated carbocycles. The molecule has 0 aromatic rings. The lowest BCUT2D eigenvalue weighted by Crippen LogP contribution is -2.35. The summed E-state index contributed by atoms with van der Waals surface area (Å²) in [4.78, 5) is 0. The molecule has 0 amide bonds. The van der Waals surface area contributed by atoms with Crippen molar-refractivity contribution in [1.29, 1.82) is 0 Å². The van der Waals surface area contributed by atoms with Gasteiger partial charge in [-0.1, -0.05) is 28.8 Å². The summed E-state index contributed by atoms with van der Waals surface area (Å²) in [7, 11) is 0. The minimum Gasteiger partial charge on any atom is -0.370 e. The Hall–Kier alpha value is 0.400. The van der Waals surface area contributed by atoms with Crippen molar-refractivity contribution in [2.75, 3.05) is 11.9 Å². The summed E-state index contributed by atoms with van der Waals surface area (Å²) in [6.45, 7) is 3.29. The average molecular weight is 290 g/mol. The lowest BCUT2D eigenvalue weighted by atomic mass is 9.98. The van der Waals surface area contributed by atoms with Crippen molar-refractivity contribution in [2.24, 2.45) is 0 Å². The number of rotatable bonds is 5. The Morgan fingerprint density at radius 1 is 1.38 bits per heavy atom. The molecule has 1 saturated heterocycles. The van der Waals surface area contributed by atoms with Crippen molar-refractivity contribution in [3.05, 3.63) is 0 Å². The van der Waals surface area contributed by atoms with Gasteiger partial charge in [-0.3, -0.25) is 0 Å². The zero-order valence-electron chi connectivity index (χ0n) is 10.3. The van der Waals surface area contributed by atoms with E-state index in [2.05, 4.69) is 28.2 Å². The van der Waals surface area contributed by atoms with E-state index in [1.807, 2.05) is 0 Å². The van der Waals surface area contributed by atoms with E-state index in [-0.39, 0.29) is 0 Å². The molecule has 1 aliphatic heterocycles. The van der Waals surface area contributed by atoms with Crippen LogP contribution in [0.25, 0.3) is 0 Å². The summed E-state index contributed by atoms with van der Waals surface area (Å²) in [5, 5.41) is 4.66. The van der Waals surface area contributed by atoms with Gasteiger partial charge in [-0.2, -0.15) is 0 Å². The van der Waals surface area contributed by atoms with E-state index in [0.717, 1.165) is 11.9 Å². The van der Waals surface area contributed by atoms with E-state index in [0.29, 0.717) is 17.7 Å². The smallest absolute Gasteiger partial charge is 0.0708 e. The molecule has 16 heavy (non-hydrogen) atoms. The van der Waals surface area contributed by atoms with Crippen LogP contribution in [0.3, 0.4) is 0 Å². The topological polar surface area (TPSA) is 21.3 Å².